The first-order chi connectivity index (χ1) is 8.61. The predicted molar refractivity (Wildman–Crippen MR) is 74.5 cm³/mol. The number of benzene rings is 1. The molecule has 1 aliphatic carbocycles. The average molecular weight is 316 g/mol. The van der Waals surface area contributed by atoms with Crippen molar-refractivity contribution in [3.63, 3.8) is 0 Å². The molecule has 18 heavy (non-hydrogen) atoms. The molecule has 2 nitrogen and oxygen atoms in total. The van der Waals surface area contributed by atoms with Crippen LogP contribution in [-0.2, 0) is 0 Å². The minimum absolute atomic E-state index is 0.206. The van der Waals surface area contributed by atoms with Crippen molar-refractivity contribution in [1.82, 2.24) is 0 Å². The summed E-state index contributed by atoms with van der Waals surface area (Å²) in [4.78, 5) is 0. The van der Waals surface area contributed by atoms with Gasteiger partial charge in [-0.2, -0.15) is 0 Å². The predicted octanol–water partition coefficient (Wildman–Crippen LogP) is 3.97. The van der Waals surface area contributed by atoms with Gasteiger partial charge in [0.15, 0.2) is 0 Å². The Morgan fingerprint density at radius 3 is 2.78 bits per heavy atom. The fourth-order valence-electron chi connectivity index (χ4n) is 2.13. The lowest BCUT2D eigenvalue weighted by atomic mass is 9.94. The van der Waals surface area contributed by atoms with Gasteiger partial charge < -0.3 is 10.5 Å². The molecule has 1 atom stereocenters. The van der Waals surface area contributed by atoms with Gasteiger partial charge in [-0.15, -0.1) is 0 Å². The molecule has 4 heteroatoms. The van der Waals surface area contributed by atoms with Crippen molar-refractivity contribution in [2.45, 2.75) is 44.6 Å². The number of nitrogens with two attached hydrogens (primary N) is 1. The van der Waals surface area contributed by atoms with E-state index in [1.807, 2.05) is 0 Å². The molecule has 1 aromatic rings. The molecule has 0 aromatic heterocycles. The Bertz CT molecular complexity index is 421. The van der Waals surface area contributed by atoms with Gasteiger partial charge in [0.25, 0.3) is 0 Å². The third-order valence-electron chi connectivity index (χ3n) is 3.50. The molecule has 0 aliphatic heterocycles. The summed E-state index contributed by atoms with van der Waals surface area (Å²) in [7, 11) is 0. The quantitative estimate of drug-likeness (QED) is 0.892. The van der Waals surface area contributed by atoms with Crippen LogP contribution in [0.1, 0.15) is 44.1 Å². The summed E-state index contributed by atoms with van der Waals surface area (Å²) in [6.07, 6.45) is 4.52. The van der Waals surface area contributed by atoms with Gasteiger partial charge >= 0.3 is 0 Å². The standard InChI is InChI=1S/C14H19BrFNO/c1-9(5-6-17)12-7-10(16)8-13(15)14(12)18-11-3-2-4-11/h7-9,11H,2-6,17H2,1H3. The number of ether oxygens (including phenoxy) is 1. The molecule has 0 saturated heterocycles. The normalized spacial score (nSPS) is 17.3. The summed E-state index contributed by atoms with van der Waals surface area (Å²) >= 11 is 3.40. The van der Waals surface area contributed by atoms with Crippen LogP contribution in [0.15, 0.2) is 16.6 Å². The lowest BCUT2D eigenvalue weighted by Gasteiger charge is -2.29. The van der Waals surface area contributed by atoms with E-state index < -0.39 is 0 Å². The van der Waals surface area contributed by atoms with Crippen LogP contribution in [0, 0.1) is 5.82 Å². The van der Waals surface area contributed by atoms with Crippen LogP contribution >= 0.6 is 15.9 Å². The maximum absolute atomic E-state index is 13.5. The van der Waals surface area contributed by atoms with Crippen LogP contribution in [-0.4, -0.2) is 12.6 Å². The van der Waals surface area contributed by atoms with E-state index in [2.05, 4.69) is 22.9 Å². The van der Waals surface area contributed by atoms with Crippen molar-refractivity contribution >= 4 is 15.9 Å². The molecule has 1 unspecified atom stereocenters. The molecule has 2 rings (SSSR count). The summed E-state index contributed by atoms with van der Waals surface area (Å²) in [5, 5.41) is 0. The molecule has 2 N–H and O–H groups in total. The van der Waals surface area contributed by atoms with E-state index in [9.17, 15) is 4.39 Å². The number of hydrogen-bond donors (Lipinski definition) is 1. The minimum atomic E-state index is -0.235. The first-order valence-electron chi connectivity index (χ1n) is 6.47. The zero-order valence-electron chi connectivity index (χ0n) is 10.6. The summed E-state index contributed by atoms with van der Waals surface area (Å²) < 4.78 is 20.2. The van der Waals surface area contributed by atoms with Crippen LogP contribution in [0.4, 0.5) is 4.39 Å². The van der Waals surface area contributed by atoms with Crippen LogP contribution in [0.3, 0.4) is 0 Å². The van der Waals surface area contributed by atoms with E-state index in [0.29, 0.717) is 11.0 Å². The smallest absolute Gasteiger partial charge is 0.137 e. The SMILES string of the molecule is CC(CCN)c1cc(F)cc(Br)c1OC1CCC1. The molecule has 1 saturated carbocycles. The highest BCUT2D eigenvalue weighted by Crippen LogP contribution is 2.38. The lowest BCUT2D eigenvalue weighted by Crippen LogP contribution is -2.25. The monoisotopic (exact) mass is 315 g/mol. The number of halogens is 2. The minimum Gasteiger partial charge on any atom is -0.489 e. The Hall–Kier alpha value is -0.610. The van der Waals surface area contributed by atoms with Crippen molar-refractivity contribution in [3.05, 3.63) is 28.0 Å². The van der Waals surface area contributed by atoms with E-state index in [4.69, 9.17) is 10.5 Å². The fraction of sp³-hybridized carbons (Fsp3) is 0.571. The van der Waals surface area contributed by atoms with Crippen molar-refractivity contribution in [2.75, 3.05) is 6.54 Å². The summed E-state index contributed by atoms with van der Waals surface area (Å²) in [5.41, 5.74) is 6.50. The first kappa shape index (κ1) is 13.8. The van der Waals surface area contributed by atoms with Gasteiger partial charge in [-0.25, -0.2) is 4.39 Å². The molecule has 0 amide bonds. The first-order valence-corrected chi connectivity index (χ1v) is 7.26. The molecule has 0 heterocycles. The molecule has 1 fully saturated rings. The third-order valence-corrected chi connectivity index (χ3v) is 4.09. The summed E-state index contributed by atoms with van der Waals surface area (Å²) in [6, 6.07) is 3.03. The largest absolute Gasteiger partial charge is 0.489 e. The topological polar surface area (TPSA) is 35.2 Å². The van der Waals surface area contributed by atoms with E-state index in [-0.39, 0.29) is 17.8 Å². The maximum Gasteiger partial charge on any atom is 0.137 e. The van der Waals surface area contributed by atoms with Crippen molar-refractivity contribution in [2.24, 2.45) is 5.73 Å². The van der Waals surface area contributed by atoms with Gasteiger partial charge in [-0.05, 0) is 66.2 Å². The van der Waals surface area contributed by atoms with Crippen molar-refractivity contribution in [3.8, 4) is 5.75 Å². The second-order valence-electron chi connectivity index (χ2n) is 4.96. The molecular weight excluding hydrogens is 297 g/mol. The van der Waals surface area contributed by atoms with Crippen molar-refractivity contribution < 1.29 is 9.13 Å². The van der Waals surface area contributed by atoms with Crippen LogP contribution in [0.25, 0.3) is 0 Å². The summed E-state index contributed by atoms with van der Waals surface area (Å²) in [5.74, 6) is 0.765. The summed E-state index contributed by atoms with van der Waals surface area (Å²) in [6.45, 7) is 2.65. The Morgan fingerprint density at radius 1 is 1.50 bits per heavy atom. The number of rotatable bonds is 5. The fourth-order valence-corrected chi connectivity index (χ4v) is 2.67. The zero-order chi connectivity index (χ0) is 13.1. The Labute approximate surface area is 116 Å². The van der Waals surface area contributed by atoms with E-state index in [1.54, 1.807) is 6.07 Å². The van der Waals surface area contributed by atoms with Gasteiger partial charge in [-0.1, -0.05) is 6.92 Å². The molecule has 1 aromatic carbocycles. The second-order valence-corrected chi connectivity index (χ2v) is 5.81. The van der Waals surface area contributed by atoms with E-state index >= 15 is 0 Å². The van der Waals surface area contributed by atoms with E-state index in [0.717, 1.165) is 30.6 Å². The van der Waals surface area contributed by atoms with E-state index in [1.165, 1.54) is 12.5 Å². The second kappa shape index (κ2) is 6.02. The Morgan fingerprint density at radius 2 is 2.22 bits per heavy atom. The van der Waals surface area contributed by atoms with Crippen LogP contribution in [0.2, 0.25) is 0 Å². The van der Waals surface area contributed by atoms with Crippen LogP contribution < -0.4 is 10.5 Å². The van der Waals surface area contributed by atoms with Gasteiger partial charge in [0, 0.05) is 5.56 Å². The average Bonchev–Trinajstić information content (AvgIpc) is 2.24. The van der Waals surface area contributed by atoms with Gasteiger partial charge in [0.05, 0.1) is 10.6 Å². The molecule has 0 radical (unpaired) electrons. The zero-order valence-corrected chi connectivity index (χ0v) is 12.2. The molecule has 1 aliphatic rings. The molecule has 0 bridgehead atoms. The van der Waals surface area contributed by atoms with Crippen molar-refractivity contribution in [1.29, 1.82) is 0 Å². The highest BCUT2D eigenvalue weighted by Gasteiger charge is 2.23. The maximum atomic E-state index is 13.5. The van der Waals surface area contributed by atoms with Gasteiger partial charge in [0.2, 0.25) is 0 Å². The third kappa shape index (κ3) is 3.04. The highest BCUT2D eigenvalue weighted by atomic mass is 79.9. The lowest BCUT2D eigenvalue weighted by molar-refractivity contribution is 0.117. The molecule has 0 spiro atoms. The van der Waals surface area contributed by atoms with Gasteiger partial charge in [0.1, 0.15) is 11.6 Å². The Kier molecular flexibility index (Phi) is 4.62. The molecular formula is C14H19BrFNO. The highest BCUT2D eigenvalue weighted by molar-refractivity contribution is 9.10. The van der Waals surface area contributed by atoms with Gasteiger partial charge in [-0.3, -0.25) is 0 Å². The Balaban J connectivity index is 2.28. The van der Waals surface area contributed by atoms with Crippen LogP contribution in [0.5, 0.6) is 5.75 Å². The molecule has 100 valence electrons. The number of hydrogen-bond acceptors (Lipinski definition) is 2.